The average molecular weight is 203 g/mol. The van der Waals surface area contributed by atoms with Crippen LogP contribution in [0.25, 0.3) is 0 Å². The van der Waals surface area contributed by atoms with Gasteiger partial charge in [-0.25, -0.2) is 0 Å². The van der Waals surface area contributed by atoms with Gasteiger partial charge in [0.25, 0.3) is 6.47 Å². The van der Waals surface area contributed by atoms with Crippen molar-refractivity contribution in [3.05, 3.63) is 0 Å². The lowest BCUT2D eigenvalue weighted by molar-refractivity contribution is -0.122. The summed E-state index contributed by atoms with van der Waals surface area (Å²) in [5, 5.41) is 14.1. The third-order valence-electron chi connectivity index (χ3n) is 1.56. The molecule has 0 saturated heterocycles. The van der Waals surface area contributed by atoms with Gasteiger partial charge in [0.15, 0.2) is 0 Å². The van der Waals surface area contributed by atoms with Gasteiger partial charge in [0, 0.05) is 17.8 Å². The summed E-state index contributed by atoms with van der Waals surface area (Å²) < 4.78 is 0. The first-order valence-electron chi connectivity index (χ1n) is 4.57. The fraction of sp³-hybridized carbons (Fsp3) is 0.778. The Labute approximate surface area is 85.0 Å². The maximum atomic E-state index is 8.36. The van der Waals surface area contributed by atoms with E-state index in [1.54, 1.807) is 6.92 Å². The van der Waals surface area contributed by atoms with Crippen LogP contribution in [0.4, 0.5) is 0 Å². The van der Waals surface area contributed by atoms with Crippen LogP contribution in [0.1, 0.15) is 33.1 Å². The van der Waals surface area contributed by atoms with E-state index in [1.165, 1.54) is 0 Å². The molecule has 0 aliphatic heterocycles. The molecule has 2 unspecified atom stereocenters. The van der Waals surface area contributed by atoms with Gasteiger partial charge < -0.3 is 22.0 Å². The van der Waals surface area contributed by atoms with Gasteiger partial charge in [-0.05, 0) is 33.1 Å². The lowest BCUT2D eigenvalue weighted by Gasteiger charge is -2.11. The zero-order chi connectivity index (χ0) is 11.6. The normalized spacial score (nSPS) is 13.4. The van der Waals surface area contributed by atoms with Gasteiger partial charge in [-0.3, -0.25) is 4.79 Å². The molecule has 84 valence electrons. The zero-order valence-corrected chi connectivity index (χ0v) is 8.86. The van der Waals surface area contributed by atoms with Gasteiger partial charge in [-0.15, -0.1) is 0 Å². The summed E-state index contributed by atoms with van der Waals surface area (Å²) in [6, 6.07) is 0.352. The van der Waals surface area contributed by atoms with E-state index >= 15 is 0 Å². The lowest BCUT2D eigenvalue weighted by Crippen LogP contribution is -2.26. The van der Waals surface area contributed by atoms with Gasteiger partial charge in [0.05, 0.1) is 0 Å². The summed E-state index contributed by atoms with van der Waals surface area (Å²) in [6.07, 6.45) is 2.58. The number of rotatable bonds is 5. The second kappa shape index (κ2) is 10.1. The van der Waals surface area contributed by atoms with Crippen LogP contribution in [-0.2, 0) is 4.79 Å². The highest BCUT2D eigenvalue weighted by atomic mass is 16.3. The molecule has 0 aromatic heterocycles. The van der Waals surface area contributed by atoms with Crippen molar-refractivity contribution in [2.75, 3.05) is 0 Å². The third-order valence-corrected chi connectivity index (χ3v) is 1.56. The Kier molecular flexibility index (Phi) is 11.3. The van der Waals surface area contributed by atoms with E-state index in [-0.39, 0.29) is 18.6 Å². The maximum absolute atomic E-state index is 8.36. The number of nitrogens with two attached hydrogens (primary N) is 2. The quantitative estimate of drug-likeness (QED) is 0.386. The van der Waals surface area contributed by atoms with Crippen molar-refractivity contribution >= 4 is 12.2 Å². The van der Waals surface area contributed by atoms with Crippen molar-refractivity contribution in [2.24, 2.45) is 11.5 Å². The molecule has 0 bridgehead atoms. The van der Waals surface area contributed by atoms with Crippen LogP contribution in [0.15, 0.2) is 0 Å². The van der Waals surface area contributed by atoms with Crippen molar-refractivity contribution in [1.82, 2.24) is 0 Å². The van der Waals surface area contributed by atoms with Gasteiger partial charge >= 0.3 is 0 Å². The fourth-order valence-corrected chi connectivity index (χ4v) is 0.972. The van der Waals surface area contributed by atoms with E-state index in [9.17, 15) is 0 Å². The molecule has 0 aromatic rings. The SMILES string of the molecule is CC(=N)CC(N)CCC(C)N.O=CO. The summed E-state index contributed by atoms with van der Waals surface area (Å²) in [4.78, 5) is 8.36. The highest BCUT2D eigenvalue weighted by Gasteiger charge is 2.04. The Bertz CT molecular complexity index is 160. The predicted octanol–water partition coefficient (Wildman–Crippen LogP) is 0.572. The van der Waals surface area contributed by atoms with Crippen LogP contribution in [0.3, 0.4) is 0 Å². The van der Waals surface area contributed by atoms with Crippen molar-refractivity contribution in [1.29, 1.82) is 5.41 Å². The highest BCUT2D eigenvalue weighted by Crippen LogP contribution is 2.01. The molecule has 0 radical (unpaired) electrons. The molecule has 2 atom stereocenters. The molecule has 0 aliphatic carbocycles. The molecule has 0 aliphatic rings. The van der Waals surface area contributed by atoms with Crippen LogP contribution >= 0.6 is 0 Å². The molecule has 6 N–H and O–H groups in total. The molecular formula is C9H21N3O2. The molecule has 0 fully saturated rings. The molecule has 0 rings (SSSR count). The number of nitrogens with one attached hydrogen (secondary N) is 1. The molecule has 0 aromatic carbocycles. The Morgan fingerprint density at radius 2 is 1.93 bits per heavy atom. The Balaban J connectivity index is 0. The Morgan fingerprint density at radius 1 is 1.50 bits per heavy atom. The summed E-state index contributed by atoms with van der Waals surface area (Å²) in [6.45, 7) is 3.51. The topological polar surface area (TPSA) is 113 Å². The summed E-state index contributed by atoms with van der Waals surface area (Å²) in [5.74, 6) is 0. The monoisotopic (exact) mass is 203 g/mol. The largest absolute Gasteiger partial charge is 0.483 e. The Hall–Kier alpha value is -0.940. The number of carbonyl (C=O) groups is 1. The predicted molar refractivity (Wildman–Crippen MR) is 57.6 cm³/mol. The Morgan fingerprint density at radius 3 is 2.21 bits per heavy atom. The molecule has 0 heterocycles. The second-order valence-electron chi connectivity index (χ2n) is 3.40. The zero-order valence-electron chi connectivity index (χ0n) is 8.86. The van der Waals surface area contributed by atoms with E-state index < -0.39 is 0 Å². The van der Waals surface area contributed by atoms with Crippen LogP contribution in [-0.4, -0.2) is 29.4 Å². The van der Waals surface area contributed by atoms with E-state index in [1.807, 2.05) is 6.92 Å². The molecule has 5 heteroatoms. The number of carboxylic acid groups (broad SMARTS) is 1. The van der Waals surface area contributed by atoms with Crippen LogP contribution in [0.5, 0.6) is 0 Å². The van der Waals surface area contributed by atoms with Gasteiger partial charge in [-0.2, -0.15) is 0 Å². The smallest absolute Gasteiger partial charge is 0.290 e. The van der Waals surface area contributed by atoms with E-state index in [4.69, 9.17) is 26.8 Å². The van der Waals surface area contributed by atoms with Crippen molar-refractivity contribution < 1.29 is 9.90 Å². The first-order chi connectivity index (χ1) is 6.43. The lowest BCUT2D eigenvalue weighted by atomic mass is 10.0. The van der Waals surface area contributed by atoms with Gasteiger partial charge in [0.2, 0.25) is 0 Å². The average Bonchev–Trinajstić information content (AvgIpc) is 2.01. The fourth-order valence-electron chi connectivity index (χ4n) is 0.972. The standard InChI is InChI=1S/C8H19N3.CH2O2/c1-6(9)3-4-8(11)5-7(2)10;2-1-3/h6,8,10H,3-5,9,11H2,1-2H3;1H,(H,2,3). The van der Waals surface area contributed by atoms with Gasteiger partial charge in [0.1, 0.15) is 0 Å². The van der Waals surface area contributed by atoms with E-state index in [0.717, 1.165) is 12.8 Å². The van der Waals surface area contributed by atoms with Crippen molar-refractivity contribution in [3.63, 3.8) is 0 Å². The first-order valence-corrected chi connectivity index (χ1v) is 4.57. The van der Waals surface area contributed by atoms with E-state index in [0.29, 0.717) is 12.1 Å². The third kappa shape index (κ3) is 17.2. The van der Waals surface area contributed by atoms with Crippen molar-refractivity contribution in [3.8, 4) is 0 Å². The second-order valence-corrected chi connectivity index (χ2v) is 3.40. The highest BCUT2D eigenvalue weighted by molar-refractivity contribution is 5.79. The van der Waals surface area contributed by atoms with Crippen LogP contribution in [0, 0.1) is 5.41 Å². The maximum Gasteiger partial charge on any atom is 0.290 e. The minimum Gasteiger partial charge on any atom is -0.483 e. The summed E-state index contributed by atoms with van der Waals surface area (Å²) in [5.41, 5.74) is 11.9. The molecular weight excluding hydrogens is 182 g/mol. The molecule has 5 nitrogen and oxygen atoms in total. The summed E-state index contributed by atoms with van der Waals surface area (Å²) >= 11 is 0. The number of hydrogen-bond donors (Lipinski definition) is 4. The summed E-state index contributed by atoms with van der Waals surface area (Å²) in [7, 11) is 0. The minimum atomic E-state index is -0.250. The van der Waals surface area contributed by atoms with E-state index in [2.05, 4.69) is 0 Å². The number of hydrogen-bond acceptors (Lipinski definition) is 4. The molecule has 0 amide bonds. The molecule has 0 saturated carbocycles. The van der Waals surface area contributed by atoms with Crippen LogP contribution in [0.2, 0.25) is 0 Å². The molecule has 0 spiro atoms. The minimum absolute atomic E-state index is 0.124. The first kappa shape index (κ1) is 15.5. The van der Waals surface area contributed by atoms with Crippen LogP contribution < -0.4 is 11.5 Å². The van der Waals surface area contributed by atoms with Gasteiger partial charge in [-0.1, -0.05) is 0 Å². The molecule has 14 heavy (non-hydrogen) atoms. The van der Waals surface area contributed by atoms with Crippen molar-refractivity contribution in [2.45, 2.75) is 45.2 Å².